The summed E-state index contributed by atoms with van der Waals surface area (Å²) in [6.45, 7) is 3.81. The minimum Gasteiger partial charge on any atom is -0.340 e. The molecule has 110 valence electrons. The first-order valence-electron chi connectivity index (χ1n) is 7.64. The van der Waals surface area contributed by atoms with Gasteiger partial charge in [-0.2, -0.15) is 0 Å². The third-order valence-corrected chi connectivity index (χ3v) is 4.73. The van der Waals surface area contributed by atoms with Crippen LogP contribution in [0.4, 0.5) is 0 Å². The number of terminal acetylenes is 1. The van der Waals surface area contributed by atoms with Crippen LogP contribution in [0.3, 0.4) is 0 Å². The molecule has 0 aromatic rings. The molecule has 2 atom stereocenters. The zero-order chi connectivity index (χ0) is 14.8. The number of rotatable bonds is 3. The molecular formula is C16H24N2O2. The molecule has 2 amide bonds. The Labute approximate surface area is 121 Å². The van der Waals surface area contributed by atoms with Crippen molar-refractivity contribution in [1.82, 2.24) is 10.2 Å². The van der Waals surface area contributed by atoms with Crippen LogP contribution < -0.4 is 5.32 Å². The molecule has 4 heteroatoms. The van der Waals surface area contributed by atoms with Crippen molar-refractivity contribution in [2.24, 2.45) is 0 Å². The van der Waals surface area contributed by atoms with E-state index < -0.39 is 11.6 Å². The lowest BCUT2D eigenvalue weighted by atomic mass is 9.78. The first-order chi connectivity index (χ1) is 9.55. The monoisotopic (exact) mass is 276 g/mol. The van der Waals surface area contributed by atoms with Crippen LogP contribution in [-0.4, -0.2) is 34.3 Å². The number of amides is 2. The summed E-state index contributed by atoms with van der Waals surface area (Å²) in [7, 11) is 0. The number of carbonyl (C=O) groups is 2. The van der Waals surface area contributed by atoms with E-state index in [9.17, 15) is 9.59 Å². The van der Waals surface area contributed by atoms with E-state index in [4.69, 9.17) is 6.42 Å². The molecule has 1 aliphatic carbocycles. The summed E-state index contributed by atoms with van der Waals surface area (Å²) in [6.07, 6.45) is 11.4. The standard InChI is InChI=1S/C16H24N2O2/c1-4-9-13(5-2)18-12(3)14(19)17-16(15(18)20)10-7-6-8-11-16/h1,12-13H,5-11H2,2-3H3,(H,17,19). The highest BCUT2D eigenvalue weighted by molar-refractivity contribution is 5.99. The zero-order valence-corrected chi connectivity index (χ0v) is 12.4. The number of hydrogen-bond acceptors (Lipinski definition) is 2. The molecule has 1 aliphatic heterocycles. The molecule has 1 spiro atoms. The summed E-state index contributed by atoms with van der Waals surface area (Å²) in [5.74, 6) is 2.67. The summed E-state index contributed by atoms with van der Waals surface area (Å²) in [4.78, 5) is 27.0. The van der Waals surface area contributed by atoms with Gasteiger partial charge in [0, 0.05) is 12.5 Å². The predicted molar refractivity (Wildman–Crippen MR) is 77.8 cm³/mol. The second kappa shape index (κ2) is 5.87. The first kappa shape index (κ1) is 14.9. The van der Waals surface area contributed by atoms with Gasteiger partial charge in [-0.15, -0.1) is 12.3 Å². The maximum atomic E-state index is 13.0. The third-order valence-electron chi connectivity index (χ3n) is 4.73. The summed E-state index contributed by atoms with van der Waals surface area (Å²) in [6, 6.07) is -0.458. The molecule has 1 saturated carbocycles. The fourth-order valence-electron chi connectivity index (χ4n) is 3.49. The van der Waals surface area contributed by atoms with Gasteiger partial charge in [-0.1, -0.05) is 26.2 Å². The Balaban J connectivity index is 2.31. The Morgan fingerprint density at radius 3 is 2.60 bits per heavy atom. The van der Waals surface area contributed by atoms with Gasteiger partial charge in [0.2, 0.25) is 11.8 Å². The van der Waals surface area contributed by atoms with Gasteiger partial charge in [0.15, 0.2) is 0 Å². The molecule has 4 nitrogen and oxygen atoms in total. The first-order valence-corrected chi connectivity index (χ1v) is 7.64. The van der Waals surface area contributed by atoms with E-state index in [1.165, 1.54) is 0 Å². The second-order valence-corrected chi connectivity index (χ2v) is 5.99. The van der Waals surface area contributed by atoms with Crippen LogP contribution in [-0.2, 0) is 9.59 Å². The van der Waals surface area contributed by atoms with Gasteiger partial charge in [-0.05, 0) is 26.2 Å². The smallest absolute Gasteiger partial charge is 0.249 e. The average Bonchev–Trinajstić information content (AvgIpc) is 2.45. The number of hydrogen-bond donors (Lipinski definition) is 1. The SMILES string of the molecule is C#CCC(CC)N1C(=O)C2(CCCCC2)NC(=O)C1C. The lowest BCUT2D eigenvalue weighted by Crippen LogP contribution is -2.71. The Morgan fingerprint density at radius 1 is 1.40 bits per heavy atom. The van der Waals surface area contributed by atoms with Crippen LogP contribution in [0, 0.1) is 12.3 Å². The topological polar surface area (TPSA) is 49.4 Å². The van der Waals surface area contributed by atoms with Gasteiger partial charge in [0.1, 0.15) is 11.6 Å². The summed E-state index contributed by atoms with van der Waals surface area (Å²) in [5.41, 5.74) is -0.663. The zero-order valence-electron chi connectivity index (χ0n) is 12.4. The molecule has 0 radical (unpaired) electrons. The quantitative estimate of drug-likeness (QED) is 0.800. The normalized spacial score (nSPS) is 27.1. The molecule has 2 rings (SSSR count). The Kier molecular flexibility index (Phi) is 4.37. The molecule has 0 aromatic heterocycles. The lowest BCUT2D eigenvalue weighted by molar-refractivity contribution is -0.158. The van der Waals surface area contributed by atoms with Crippen molar-refractivity contribution in [3.8, 4) is 12.3 Å². The highest BCUT2D eigenvalue weighted by Gasteiger charge is 2.51. The molecule has 2 aliphatic rings. The van der Waals surface area contributed by atoms with E-state index in [-0.39, 0.29) is 17.9 Å². The van der Waals surface area contributed by atoms with Crippen LogP contribution in [0.25, 0.3) is 0 Å². The largest absolute Gasteiger partial charge is 0.340 e. The van der Waals surface area contributed by atoms with Gasteiger partial charge in [0.25, 0.3) is 0 Å². The number of nitrogens with zero attached hydrogens (tertiary/aromatic N) is 1. The van der Waals surface area contributed by atoms with Gasteiger partial charge in [-0.3, -0.25) is 9.59 Å². The van der Waals surface area contributed by atoms with Gasteiger partial charge < -0.3 is 10.2 Å². The van der Waals surface area contributed by atoms with E-state index in [0.29, 0.717) is 6.42 Å². The Morgan fingerprint density at radius 2 is 2.05 bits per heavy atom. The van der Waals surface area contributed by atoms with E-state index in [0.717, 1.165) is 38.5 Å². The summed E-state index contributed by atoms with van der Waals surface area (Å²) >= 11 is 0. The fraction of sp³-hybridized carbons (Fsp3) is 0.750. The molecule has 1 saturated heterocycles. The van der Waals surface area contributed by atoms with Crippen molar-refractivity contribution < 1.29 is 9.59 Å². The molecule has 20 heavy (non-hydrogen) atoms. The predicted octanol–water partition coefficient (Wildman–Crippen LogP) is 1.84. The molecule has 1 heterocycles. The number of nitrogens with one attached hydrogen (secondary N) is 1. The van der Waals surface area contributed by atoms with Crippen LogP contribution in [0.1, 0.15) is 58.8 Å². The fourth-order valence-corrected chi connectivity index (χ4v) is 3.49. The molecule has 2 fully saturated rings. The van der Waals surface area contributed by atoms with Gasteiger partial charge >= 0.3 is 0 Å². The maximum absolute atomic E-state index is 13.0. The van der Waals surface area contributed by atoms with E-state index in [1.54, 1.807) is 11.8 Å². The summed E-state index contributed by atoms with van der Waals surface area (Å²) < 4.78 is 0. The van der Waals surface area contributed by atoms with Crippen LogP contribution >= 0.6 is 0 Å². The van der Waals surface area contributed by atoms with Crippen LogP contribution in [0.15, 0.2) is 0 Å². The van der Waals surface area contributed by atoms with Crippen molar-refractivity contribution >= 4 is 11.8 Å². The lowest BCUT2D eigenvalue weighted by Gasteiger charge is -2.49. The van der Waals surface area contributed by atoms with Crippen molar-refractivity contribution in [1.29, 1.82) is 0 Å². The van der Waals surface area contributed by atoms with E-state index in [2.05, 4.69) is 11.2 Å². The van der Waals surface area contributed by atoms with E-state index in [1.807, 2.05) is 6.92 Å². The highest BCUT2D eigenvalue weighted by Crippen LogP contribution is 2.34. The van der Waals surface area contributed by atoms with Crippen LogP contribution in [0.2, 0.25) is 0 Å². The minimum absolute atomic E-state index is 0.0349. The molecule has 2 unspecified atom stereocenters. The Bertz CT molecular complexity index is 432. The minimum atomic E-state index is -0.663. The van der Waals surface area contributed by atoms with Crippen molar-refractivity contribution in [3.63, 3.8) is 0 Å². The molecule has 0 bridgehead atoms. The second-order valence-electron chi connectivity index (χ2n) is 5.99. The van der Waals surface area contributed by atoms with Crippen LogP contribution in [0.5, 0.6) is 0 Å². The molecule has 0 aromatic carbocycles. The number of carbonyl (C=O) groups excluding carboxylic acids is 2. The van der Waals surface area contributed by atoms with Crippen molar-refractivity contribution in [2.45, 2.75) is 76.4 Å². The summed E-state index contributed by atoms with van der Waals surface area (Å²) in [5, 5.41) is 3.00. The average molecular weight is 276 g/mol. The third kappa shape index (κ3) is 2.42. The molecular weight excluding hydrogens is 252 g/mol. The number of piperazine rings is 1. The molecule has 1 N–H and O–H groups in total. The van der Waals surface area contributed by atoms with Gasteiger partial charge in [-0.25, -0.2) is 0 Å². The van der Waals surface area contributed by atoms with Crippen molar-refractivity contribution in [2.75, 3.05) is 0 Å². The highest BCUT2D eigenvalue weighted by atomic mass is 16.2. The maximum Gasteiger partial charge on any atom is 0.249 e. The van der Waals surface area contributed by atoms with Gasteiger partial charge in [0.05, 0.1) is 0 Å². The Hall–Kier alpha value is -1.50. The van der Waals surface area contributed by atoms with Crippen molar-refractivity contribution in [3.05, 3.63) is 0 Å². The van der Waals surface area contributed by atoms with E-state index >= 15 is 0 Å².